The molecule has 0 saturated heterocycles. The van der Waals surface area contributed by atoms with Crippen molar-refractivity contribution in [2.45, 2.75) is 26.4 Å². The number of amides is 1. The predicted octanol–water partition coefficient (Wildman–Crippen LogP) is 2.65. The van der Waals surface area contributed by atoms with Crippen molar-refractivity contribution in [3.05, 3.63) is 28.3 Å². The third kappa shape index (κ3) is 3.62. The molecule has 0 radical (unpaired) electrons. The summed E-state index contributed by atoms with van der Waals surface area (Å²) >= 11 is 0. The minimum absolute atomic E-state index is 0.281. The smallest absolute Gasteiger partial charge is 0.412 e. The quantitative estimate of drug-likeness (QED) is 0.480. The maximum atomic E-state index is 11.5. The van der Waals surface area contributed by atoms with E-state index < -0.39 is 28.1 Å². The summed E-state index contributed by atoms with van der Waals surface area (Å²) in [7, 11) is 0. The summed E-state index contributed by atoms with van der Waals surface area (Å²) in [4.78, 5) is 21.5. The lowest BCUT2D eigenvalue weighted by molar-refractivity contribution is -0.384. The molecule has 0 aliphatic heterocycles. The summed E-state index contributed by atoms with van der Waals surface area (Å²) in [5.74, 6) is -0.393. The Morgan fingerprint density at radius 1 is 1.44 bits per heavy atom. The number of carbonyl (C=O) groups is 1. The monoisotopic (exact) mass is 254 g/mol. The molecule has 1 rings (SSSR count). The largest absolute Gasteiger partial charge is 0.505 e. The van der Waals surface area contributed by atoms with Crippen LogP contribution in [0.5, 0.6) is 5.75 Å². The molecular formula is C11H14N2O5. The van der Waals surface area contributed by atoms with Gasteiger partial charge in [0.25, 0.3) is 5.69 Å². The van der Waals surface area contributed by atoms with E-state index in [9.17, 15) is 20.0 Å². The molecule has 0 fully saturated rings. The van der Waals surface area contributed by atoms with Gasteiger partial charge in [-0.15, -0.1) is 0 Å². The van der Waals surface area contributed by atoms with Crippen molar-refractivity contribution in [1.29, 1.82) is 0 Å². The Kier molecular flexibility index (Phi) is 3.75. The van der Waals surface area contributed by atoms with E-state index in [4.69, 9.17) is 4.74 Å². The average Bonchev–Trinajstić information content (AvgIpc) is 2.17. The minimum Gasteiger partial charge on any atom is -0.505 e. The summed E-state index contributed by atoms with van der Waals surface area (Å²) in [5, 5.41) is 22.4. The number of hydrogen-bond acceptors (Lipinski definition) is 5. The first kappa shape index (κ1) is 13.8. The molecule has 1 amide bonds. The van der Waals surface area contributed by atoms with Crippen molar-refractivity contribution in [2.75, 3.05) is 5.32 Å². The van der Waals surface area contributed by atoms with E-state index in [0.717, 1.165) is 0 Å². The molecule has 18 heavy (non-hydrogen) atoms. The van der Waals surface area contributed by atoms with E-state index in [1.165, 1.54) is 18.2 Å². The van der Waals surface area contributed by atoms with Crippen molar-refractivity contribution in [1.82, 2.24) is 0 Å². The Morgan fingerprint density at radius 3 is 2.56 bits per heavy atom. The minimum atomic E-state index is -0.868. The number of anilines is 1. The van der Waals surface area contributed by atoms with Crippen LogP contribution in [0.25, 0.3) is 0 Å². The Morgan fingerprint density at radius 2 is 2.06 bits per heavy atom. The number of ether oxygens (including phenoxy) is 1. The van der Waals surface area contributed by atoms with E-state index >= 15 is 0 Å². The molecule has 0 heterocycles. The van der Waals surface area contributed by atoms with Crippen LogP contribution in [-0.2, 0) is 4.74 Å². The highest BCUT2D eigenvalue weighted by Gasteiger charge is 2.22. The molecule has 0 aliphatic rings. The lowest BCUT2D eigenvalue weighted by Gasteiger charge is -2.19. The SMILES string of the molecule is CC(C)(C)OC(=O)Nc1c(O)cccc1[N+](=O)[O-]. The third-order valence-electron chi connectivity index (χ3n) is 1.84. The first-order valence-corrected chi connectivity index (χ1v) is 5.17. The van der Waals surface area contributed by atoms with Gasteiger partial charge in [0.1, 0.15) is 11.4 Å². The van der Waals surface area contributed by atoms with Crippen LogP contribution in [0.4, 0.5) is 16.2 Å². The highest BCUT2D eigenvalue weighted by atomic mass is 16.6. The number of rotatable bonds is 2. The van der Waals surface area contributed by atoms with Gasteiger partial charge in [-0.1, -0.05) is 6.07 Å². The van der Waals surface area contributed by atoms with Crippen LogP contribution in [0.15, 0.2) is 18.2 Å². The second-order valence-corrected chi connectivity index (χ2v) is 4.56. The maximum Gasteiger partial charge on any atom is 0.412 e. The van der Waals surface area contributed by atoms with E-state index in [2.05, 4.69) is 5.32 Å². The molecule has 1 aromatic rings. The van der Waals surface area contributed by atoms with Crippen LogP contribution in [0, 0.1) is 10.1 Å². The van der Waals surface area contributed by atoms with Crippen LogP contribution < -0.4 is 5.32 Å². The number of phenolic OH excluding ortho intramolecular Hbond substituents is 1. The standard InChI is InChI=1S/C11H14N2O5/c1-11(2,3)18-10(15)12-9-7(13(16)17)5-4-6-8(9)14/h4-6,14H,1-3H3,(H,12,15). The lowest BCUT2D eigenvalue weighted by Crippen LogP contribution is -2.27. The van der Waals surface area contributed by atoms with Crippen LogP contribution in [-0.4, -0.2) is 21.7 Å². The van der Waals surface area contributed by atoms with Gasteiger partial charge in [0.05, 0.1) is 4.92 Å². The van der Waals surface area contributed by atoms with Crippen molar-refractivity contribution in [2.24, 2.45) is 0 Å². The van der Waals surface area contributed by atoms with E-state index in [0.29, 0.717) is 0 Å². The number of para-hydroxylation sites is 1. The van der Waals surface area contributed by atoms with Crippen molar-refractivity contribution in [3.63, 3.8) is 0 Å². The number of hydrogen-bond donors (Lipinski definition) is 2. The van der Waals surface area contributed by atoms with Gasteiger partial charge in [0.2, 0.25) is 0 Å². The predicted molar refractivity (Wildman–Crippen MR) is 64.6 cm³/mol. The third-order valence-corrected chi connectivity index (χ3v) is 1.84. The zero-order chi connectivity index (χ0) is 13.9. The molecule has 0 unspecified atom stereocenters. The molecule has 7 heteroatoms. The molecule has 7 nitrogen and oxygen atoms in total. The molecule has 0 atom stereocenters. The summed E-state index contributed by atoms with van der Waals surface area (Å²) < 4.78 is 4.95. The van der Waals surface area contributed by atoms with Gasteiger partial charge in [-0.2, -0.15) is 0 Å². The normalized spacial score (nSPS) is 10.8. The maximum absolute atomic E-state index is 11.5. The molecule has 0 aliphatic carbocycles. The zero-order valence-electron chi connectivity index (χ0n) is 10.3. The van der Waals surface area contributed by atoms with Crippen LogP contribution in [0.2, 0.25) is 0 Å². The highest BCUT2D eigenvalue weighted by Crippen LogP contribution is 2.33. The highest BCUT2D eigenvalue weighted by molar-refractivity contribution is 5.90. The van der Waals surface area contributed by atoms with Crippen LogP contribution >= 0.6 is 0 Å². The number of benzene rings is 1. The molecule has 1 aromatic carbocycles. The van der Waals surface area contributed by atoms with Gasteiger partial charge >= 0.3 is 6.09 Å². The second kappa shape index (κ2) is 4.91. The second-order valence-electron chi connectivity index (χ2n) is 4.56. The topological polar surface area (TPSA) is 102 Å². The van der Waals surface area contributed by atoms with Crippen molar-refractivity contribution >= 4 is 17.5 Å². The van der Waals surface area contributed by atoms with Gasteiger partial charge < -0.3 is 9.84 Å². The van der Waals surface area contributed by atoms with E-state index in [1.807, 2.05) is 0 Å². The number of nitro benzene ring substituents is 1. The van der Waals surface area contributed by atoms with Crippen molar-refractivity contribution < 1.29 is 19.6 Å². The number of phenols is 1. The fourth-order valence-electron chi connectivity index (χ4n) is 1.21. The van der Waals surface area contributed by atoms with E-state index in [-0.39, 0.29) is 5.69 Å². The molecular weight excluding hydrogens is 240 g/mol. The van der Waals surface area contributed by atoms with Crippen LogP contribution in [0.3, 0.4) is 0 Å². The van der Waals surface area contributed by atoms with Gasteiger partial charge in [-0.3, -0.25) is 15.4 Å². The van der Waals surface area contributed by atoms with Gasteiger partial charge in [0.15, 0.2) is 5.69 Å². The number of nitrogens with one attached hydrogen (secondary N) is 1. The van der Waals surface area contributed by atoms with Gasteiger partial charge in [-0.05, 0) is 26.8 Å². The lowest BCUT2D eigenvalue weighted by atomic mass is 10.2. The first-order valence-electron chi connectivity index (χ1n) is 5.17. The summed E-state index contributed by atoms with van der Waals surface area (Å²) in [6, 6.07) is 3.72. The fraction of sp³-hybridized carbons (Fsp3) is 0.364. The number of aromatic hydroxyl groups is 1. The molecule has 98 valence electrons. The molecule has 0 aromatic heterocycles. The fourth-order valence-corrected chi connectivity index (χ4v) is 1.21. The molecule has 0 spiro atoms. The Bertz CT molecular complexity index is 479. The number of nitro groups is 1. The molecule has 2 N–H and O–H groups in total. The molecule has 0 saturated carbocycles. The summed E-state index contributed by atoms with van der Waals surface area (Å²) in [5.41, 5.74) is -1.42. The average molecular weight is 254 g/mol. The van der Waals surface area contributed by atoms with Crippen molar-refractivity contribution in [3.8, 4) is 5.75 Å². The zero-order valence-corrected chi connectivity index (χ0v) is 10.3. The number of carbonyl (C=O) groups excluding carboxylic acids is 1. The molecule has 0 bridgehead atoms. The van der Waals surface area contributed by atoms with Gasteiger partial charge in [-0.25, -0.2) is 4.79 Å². The summed E-state index contributed by atoms with van der Waals surface area (Å²) in [6.45, 7) is 4.98. The Balaban J connectivity index is 2.97. The Labute approximate surface area is 104 Å². The first-order chi connectivity index (χ1) is 8.20. The summed E-state index contributed by atoms with van der Waals surface area (Å²) in [6.07, 6.45) is -0.868. The van der Waals surface area contributed by atoms with Gasteiger partial charge in [0, 0.05) is 6.07 Å². The van der Waals surface area contributed by atoms with E-state index in [1.54, 1.807) is 20.8 Å². The Hall–Kier alpha value is -2.31. The van der Waals surface area contributed by atoms with Crippen LogP contribution in [0.1, 0.15) is 20.8 Å². The number of nitrogens with zero attached hydrogens (tertiary/aromatic N) is 1.